The molecular weight excluding hydrogens is 402 g/mol. The molecule has 2 aromatic carbocycles. The Morgan fingerprint density at radius 2 is 0.970 bits per heavy atom. The molecule has 3 nitrogen and oxygen atoms in total. The Morgan fingerprint density at radius 1 is 0.576 bits per heavy atom. The molecule has 162 valence electrons. The van der Waals surface area contributed by atoms with E-state index < -0.39 is 0 Å². The maximum atomic E-state index is 2.42. The predicted octanol–water partition coefficient (Wildman–Crippen LogP) is 5.80. The fourth-order valence-corrected chi connectivity index (χ4v) is 4.31. The first-order chi connectivity index (χ1) is 16.1. The van der Waals surface area contributed by atoms with Crippen LogP contribution in [0.15, 0.2) is 85.5 Å². The van der Waals surface area contributed by atoms with Gasteiger partial charge in [-0.05, 0) is 41.3 Å². The monoisotopic (exact) mass is 431 g/mol. The van der Waals surface area contributed by atoms with Gasteiger partial charge in [0.25, 0.3) is 0 Å². The highest BCUT2D eigenvalue weighted by atomic mass is 15.0. The second-order valence-corrected chi connectivity index (χ2v) is 8.56. The number of fused-ring (bicyclic) bond motifs is 3. The molecule has 0 saturated heterocycles. The van der Waals surface area contributed by atoms with E-state index in [0.717, 1.165) is 6.54 Å². The molecule has 0 spiro atoms. The number of aromatic nitrogens is 3. The third-order valence-corrected chi connectivity index (χ3v) is 6.18. The van der Waals surface area contributed by atoms with Crippen LogP contribution in [0.5, 0.6) is 0 Å². The molecule has 0 aliphatic rings. The lowest BCUT2D eigenvalue weighted by Crippen LogP contribution is -2.25. The van der Waals surface area contributed by atoms with Crippen LogP contribution in [-0.2, 0) is 20.6 Å². The minimum Gasteiger partial charge on any atom is -0.341 e. The van der Waals surface area contributed by atoms with E-state index in [4.69, 9.17) is 0 Å². The molecule has 3 heteroatoms. The van der Waals surface area contributed by atoms with E-state index >= 15 is 0 Å². The maximum absolute atomic E-state index is 2.42. The van der Waals surface area contributed by atoms with Crippen molar-refractivity contribution in [2.24, 2.45) is 14.1 Å². The van der Waals surface area contributed by atoms with Crippen molar-refractivity contribution in [3.05, 3.63) is 108 Å². The lowest BCUT2D eigenvalue weighted by molar-refractivity contribution is -0.671. The van der Waals surface area contributed by atoms with Crippen LogP contribution in [0.4, 0.5) is 0 Å². The number of benzene rings is 2. The summed E-state index contributed by atoms with van der Waals surface area (Å²) >= 11 is 0. The molecule has 0 amide bonds. The molecule has 0 bridgehead atoms. The van der Waals surface area contributed by atoms with Crippen LogP contribution >= 0.6 is 0 Å². The van der Waals surface area contributed by atoms with Gasteiger partial charge in [-0.25, -0.2) is 9.13 Å². The van der Waals surface area contributed by atoms with Crippen molar-refractivity contribution in [3.8, 4) is 0 Å². The molecule has 0 N–H and O–H groups in total. The van der Waals surface area contributed by atoms with Crippen LogP contribution in [0.2, 0.25) is 0 Å². The fraction of sp³-hybridized carbons (Fsp3) is 0.133. The topological polar surface area (TPSA) is 12.7 Å². The van der Waals surface area contributed by atoms with Gasteiger partial charge in [-0.15, -0.1) is 0 Å². The lowest BCUT2D eigenvalue weighted by Gasteiger charge is -2.04. The minimum absolute atomic E-state index is 0.935. The third kappa shape index (κ3) is 4.35. The van der Waals surface area contributed by atoms with Crippen LogP contribution in [0, 0.1) is 0 Å². The van der Waals surface area contributed by atoms with E-state index in [9.17, 15) is 0 Å². The van der Waals surface area contributed by atoms with Gasteiger partial charge in [0.05, 0.1) is 0 Å². The molecule has 0 aliphatic heterocycles. The summed E-state index contributed by atoms with van der Waals surface area (Å²) in [5, 5.41) is 2.61. The van der Waals surface area contributed by atoms with Crippen molar-refractivity contribution in [1.29, 1.82) is 0 Å². The Labute approximate surface area is 195 Å². The predicted molar refractivity (Wildman–Crippen MR) is 138 cm³/mol. The molecule has 3 heterocycles. The van der Waals surface area contributed by atoms with Crippen molar-refractivity contribution in [1.82, 2.24) is 4.57 Å². The molecule has 0 unspecified atom stereocenters. The van der Waals surface area contributed by atoms with Gasteiger partial charge in [-0.1, -0.05) is 48.6 Å². The van der Waals surface area contributed by atoms with Gasteiger partial charge in [0.1, 0.15) is 14.1 Å². The summed E-state index contributed by atoms with van der Waals surface area (Å²) in [4.78, 5) is 0. The summed E-state index contributed by atoms with van der Waals surface area (Å²) in [6.45, 7) is 3.16. The molecule has 0 radical (unpaired) electrons. The lowest BCUT2D eigenvalue weighted by atomic mass is 10.1. The van der Waals surface area contributed by atoms with E-state index in [-0.39, 0.29) is 0 Å². The molecule has 0 aliphatic carbocycles. The van der Waals surface area contributed by atoms with E-state index in [1.165, 1.54) is 44.1 Å². The zero-order valence-corrected chi connectivity index (χ0v) is 19.4. The van der Waals surface area contributed by atoms with Gasteiger partial charge in [-0.3, -0.25) is 0 Å². The second kappa shape index (κ2) is 8.87. The van der Waals surface area contributed by atoms with E-state index in [1.807, 2.05) is 23.2 Å². The highest BCUT2D eigenvalue weighted by molar-refractivity contribution is 6.09. The van der Waals surface area contributed by atoms with Gasteiger partial charge in [-0.2, -0.15) is 0 Å². The quantitative estimate of drug-likeness (QED) is 0.312. The van der Waals surface area contributed by atoms with Gasteiger partial charge in [0.15, 0.2) is 24.8 Å². The summed E-state index contributed by atoms with van der Waals surface area (Å²) in [5.74, 6) is 0. The van der Waals surface area contributed by atoms with Gasteiger partial charge in [0.2, 0.25) is 0 Å². The molecule has 33 heavy (non-hydrogen) atoms. The van der Waals surface area contributed by atoms with Crippen LogP contribution in [0.3, 0.4) is 0 Å². The van der Waals surface area contributed by atoms with E-state index in [0.29, 0.717) is 0 Å². The highest BCUT2D eigenvalue weighted by Gasteiger charge is 2.10. The number of rotatable bonds is 5. The van der Waals surface area contributed by atoms with Crippen molar-refractivity contribution in [2.45, 2.75) is 13.5 Å². The van der Waals surface area contributed by atoms with Gasteiger partial charge >= 0.3 is 0 Å². The number of hydrogen-bond donors (Lipinski definition) is 0. The maximum Gasteiger partial charge on any atom is 0.169 e. The largest absolute Gasteiger partial charge is 0.341 e. The molecule has 0 atom stereocenters. The molecule has 3 aromatic heterocycles. The first kappa shape index (κ1) is 20.9. The number of aryl methyl sites for hydroxylation is 3. The molecular formula is C30H29N3+2. The summed E-state index contributed by atoms with van der Waals surface area (Å²) in [6, 6.07) is 22.1. The third-order valence-electron chi connectivity index (χ3n) is 6.18. The number of pyridine rings is 2. The summed E-state index contributed by atoms with van der Waals surface area (Å²) < 4.78 is 6.52. The van der Waals surface area contributed by atoms with Crippen LogP contribution in [0.1, 0.15) is 29.2 Å². The summed E-state index contributed by atoms with van der Waals surface area (Å²) in [6.07, 6.45) is 17.0. The molecule has 0 fully saturated rings. The number of hydrogen-bond acceptors (Lipinski definition) is 0. The summed E-state index contributed by atoms with van der Waals surface area (Å²) in [7, 11) is 4.07. The molecule has 5 aromatic rings. The SMILES string of the molecule is CCn1c2cc(/C=C/c3cc[n+](C)cc3)ccc2c2ccc(/C=C/c3cc[n+](C)cc3)cc21. The van der Waals surface area contributed by atoms with Crippen molar-refractivity contribution in [2.75, 3.05) is 0 Å². The normalized spacial score (nSPS) is 12.0. The Kier molecular flexibility index (Phi) is 5.62. The van der Waals surface area contributed by atoms with E-state index in [2.05, 4.69) is 121 Å². The Morgan fingerprint density at radius 3 is 1.36 bits per heavy atom. The van der Waals surface area contributed by atoms with E-state index in [1.54, 1.807) is 0 Å². The van der Waals surface area contributed by atoms with Crippen LogP contribution in [0.25, 0.3) is 46.1 Å². The van der Waals surface area contributed by atoms with Crippen molar-refractivity contribution >= 4 is 46.1 Å². The highest BCUT2D eigenvalue weighted by Crippen LogP contribution is 2.31. The Bertz CT molecular complexity index is 1370. The van der Waals surface area contributed by atoms with Crippen LogP contribution < -0.4 is 9.13 Å². The molecule has 5 rings (SSSR count). The zero-order valence-electron chi connectivity index (χ0n) is 19.4. The number of nitrogens with zero attached hydrogens (tertiary/aromatic N) is 3. The average molecular weight is 432 g/mol. The van der Waals surface area contributed by atoms with Gasteiger partial charge < -0.3 is 4.57 Å². The second-order valence-electron chi connectivity index (χ2n) is 8.56. The van der Waals surface area contributed by atoms with Crippen LogP contribution in [-0.4, -0.2) is 4.57 Å². The Hall–Kier alpha value is -3.98. The smallest absolute Gasteiger partial charge is 0.169 e. The first-order valence-corrected chi connectivity index (χ1v) is 11.4. The van der Waals surface area contributed by atoms with Crippen molar-refractivity contribution < 1.29 is 9.13 Å². The minimum atomic E-state index is 0.935. The molecule has 0 saturated carbocycles. The standard InChI is InChI=1S/C30H29N3/c1-4-33-29-21-25(7-5-23-13-17-31(2)18-14-23)9-11-27(29)28-12-10-26(22-30(28)33)8-6-24-15-19-32(3)20-16-24/h5-22H,4H2,1-3H3/q+2. The van der Waals surface area contributed by atoms with Crippen molar-refractivity contribution in [3.63, 3.8) is 0 Å². The zero-order chi connectivity index (χ0) is 22.8. The van der Waals surface area contributed by atoms with Gasteiger partial charge in [0, 0.05) is 52.6 Å². The first-order valence-electron chi connectivity index (χ1n) is 11.4. The average Bonchev–Trinajstić information content (AvgIpc) is 3.15. The Balaban J connectivity index is 1.51. The summed E-state index contributed by atoms with van der Waals surface area (Å²) in [5.41, 5.74) is 7.40. The fourth-order valence-electron chi connectivity index (χ4n) is 4.31.